The molecule has 0 amide bonds. The number of carboxylic acid groups (broad SMARTS) is 2. The summed E-state index contributed by atoms with van der Waals surface area (Å²) in [4.78, 5) is 21.9. The molecule has 1 aromatic carbocycles. The fourth-order valence-electron chi connectivity index (χ4n) is 1.79. The maximum atomic E-state index is 11.0. The van der Waals surface area contributed by atoms with Gasteiger partial charge in [0.2, 0.25) is 0 Å². The van der Waals surface area contributed by atoms with Crippen LogP contribution < -0.4 is 10.2 Å². The first-order valence-electron chi connectivity index (χ1n) is 5.21. The number of carboxylic acids is 2. The second-order valence-corrected chi connectivity index (χ2v) is 3.60. The van der Waals surface area contributed by atoms with Crippen molar-refractivity contribution in [1.82, 2.24) is 0 Å². The highest BCUT2D eigenvalue weighted by Crippen LogP contribution is 2.26. The zero-order valence-electron chi connectivity index (χ0n) is 9.43. The molecular formula is C13H12O4-2. The van der Waals surface area contributed by atoms with Crippen molar-refractivity contribution in [2.75, 3.05) is 0 Å². The zero-order valence-corrected chi connectivity index (χ0v) is 9.43. The lowest BCUT2D eigenvalue weighted by atomic mass is 9.89. The van der Waals surface area contributed by atoms with E-state index in [0.717, 1.165) is 0 Å². The van der Waals surface area contributed by atoms with Gasteiger partial charge in [-0.15, -0.1) is 6.58 Å². The van der Waals surface area contributed by atoms with Gasteiger partial charge < -0.3 is 19.8 Å². The van der Waals surface area contributed by atoms with Crippen molar-refractivity contribution >= 4 is 11.9 Å². The minimum Gasteiger partial charge on any atom is -0.545 e. The quantitative estimate of drug-likeness (QED) is 0.674. The van der Waals surface area contributed by atoms with E-state index in [2.05, 4.69) is 6.58 Å². The second kappa shape index (κ2) is 5.30. The summed E-state index contributed by atoms with van der Waals surface area (Å²) in [5.74, 6) is -3.26. The molecule has 0 radical (unpaired) electrons. The number of allylic oxidation sites excluding steroid dienone is 1. The minimum absolute atomic E-state index is 0.220. The van der Waals surface area contributed by atoms with E-state index in [4.69, 9.17) is 0 Å². The van der Waals surface area contributed by atoms with Crippen LogP contribution in [0.4, 0.5) is 0 Å². The highest BCUT2D eigenvalue weighted by molar-refractivity contribution is 6.01. The Labute approximate surface area is 99.2 Å². The first-order chi connectivity index (χ1) is 8.02. The van der Waals surface area contributed by atoms with E-state index in [1.54, 1.807) is 12.1 Å². The van der Waals surface area contributed by atoms with Crippen molar-refractivity contribution < 1.29 is 19.8 Å². The highest BCUT2D eigenvalue weighted by atomic mass is 16.4. The summed E-state index contributed by atoms with van der Waals surface area (Å²) in [5, 5.41) is 21.9. The van der Waals surface area contributed by atoms with E-state index in [-0.39, 0.29) is 17.0 Å². The Morgan fingerprint density at radius 2 is 2.00 bits per heavy atom. The highest BCUT2D eigenvalue weighted by Gasteiger charge is 2.15. The number of carbonyl (C=O) groups is 2. The normalized spacial score (nSPS) is 11.8. The second-order valence-electron chi connectivity index (χ2n) is 3.60. The molecule has 1 rings (SSSR count). The van der Waals surface area contributed by atoms with Crippen LogP contribution >= 0.6 is 0 Å². The van der Waals surface area contributed by atoms with E-state index >= 15 is 0 Å². The molecule has 0 saturated heterocycles. The van der Waals surface area contributed by atoms with Crippen molar-refractivity contribution in [3.05, 3.63) is 47.5 Å². The minimum atomic E-state index is -1.52. The van der Waals surface area contributed by atoms with Gasteiger partial charge in [-0.2, -0.15) is 0 Å². The average molecular weight is 232 g/mol. The Hall–Kier alpha value is -2.10. The van der Waals surface area contributed by atoms with Crippen molar-refractivity contribution in [3.8, 4) is 0 Å². The Bertz CT molecular complexity index is 462. The first kappa shape index (κ1) is 13.0. The van der Waals surface area contributed by atoms with E-state index in [0.29, 0.717) is 12.0 Å². The largest absolute Gasteiger partial charge is 0.545 e. The van der Waals surface area contributed by atoms with Crippen LogP contribution in [0, 0.1) is 0 Å². The number of hydrogen-bond donors (Lipinski definition) is 0. The molecule has 4 heteroatoms. The van der Waals surface area contributed by atoms with Crippen LogP contribution in [-0.2, 0) is 0 Å². The van der Waals surface area contributed by atoms with Gasteiger partial charge in [-0.25, -0.2) is 0 Å². The smallest absolute Gasteiger partial charge is 0.0724 e. The molecule has 1 unspecified atom stereocenters. The summed E-state index contributed by atoms with van der Waals surface area (Å²) in [5.41, 5.74) is -0.286. The molecule has 0 saturated carbocycles. The van der Waals surface area contributed by atoms with Gasteiger partial charge in [0.25, 0.3) is 0 Å². The standard InChI is InChI=1S/C13H14O4/c1-3-8(4-2)9-6-5-7-10(12(14)15)11(9)13(16)17/h3,5-8H,1,4H2,2H3,(H,14,15)(H,16,17)/p-2. The van der Waals surface area contributed by atoms with Crippen LogP contribution in [0.1, 0.15) is 45.5 Å². The molecular weight excluding hydrogens is 220 g/mol. The van der Waals surface area contributed by atoms with Gasteiger partial charge in [0.15, 0.2) is 0 Å². The van der Waals surface area contributed by atoms with Gasteiger partial charge in [0.05, 0.1) is 11.9 Å². The molecule has 1 atom stereocenters. The Balaban J connectivity index is 3.49. The van der Waals surface area contributed by atoms with Gasteiger partial charge in [-0.05, 0) is 12.0 Å². The van der Waals surface area contributed by atoms with E-state index in [9.17, 15) is 19.8 Å². The van der Waals surface area contributed by atoms with Gasteiger partial charge in [0, 0.05) is 17.0 Å². The van der Waals surface area contributed by atoms with Crippen molar-refractivity contribution in [2.45, 2.75) is 19.3 Å². The SMILES string of the molecule is C=CC(CC)c1cccc(C(=O)[O-])c1C(=O)[O-]. The van der Waals surface area contributed by atoms with Crippen LogP contribution in [-0.4, -0.2) is 11.9 Å². The third-order valence-electron chi connectivity index (χ3n) is 2.64. The van der Waals surface area contributed by atoms with Crippen molar-refractivity contribution in [3.63, 3.8) is 0 Å². The molecule has 0 N–H and O–H groups in total. The lowest BCUT2D eigenvalue weighted by Crippen LogP contribution is -2.31. The van der Waals surface area contributed by atoms with Gasteiger partial charge in [-0.3, -0.25) is 0 Å². The monoisotopic (exact) mass is 232 g/mol. The van der Waals surface area contributed by atoms with E-state index < -0.39 is 11.9 Å². The fraction of sp³-hybridized carbons (Fsp3) is 0.231. The first-order valence-corrected chi connectivity index (χ1v) is 5.21. The zero-order chi connectivity index (χ0) is 13.0. The fourth-order valence-corrected chi connectivity index (χ4v) is 1.79. The molecule has 90 valence electrons. The molecule has 0 aliphatic rings. The molecule has 0 aromatic heterocycles. The molecule has 0 heterocycles. The molecule has 0 spiro atoms. The number of rotatable bonds is 5. The topological polar surface area (TPSA) is 80.3 Å². The van der Waals surface area contributed by atoms with Crippen LogP contribution in [0.25, 0.3) is 0 Å². The Morgan fingerprint density at radius 3 is 2.41 bits per heavy atom. The van der Waals surface area contributed by atoms with Crippen molar-refractivity contribution in [1.29, 1.82) is 0 Å². The lowest BCUT2D eigenvalue weighted by molar-refractivity contribution is -0.259. The molecule has 17 heavy (non-hydrogen) atoms. The van der Waals surface area contributed by atoms with Crippen molar-refractivity contribution in [2.24, 2.45) is 0 Å². The van der Waals surface area contributed by atoms with Crippen LogP contribution in [0.5, 0.6) is 0 Å². The molecule has 1 aromatic rings. The van der Waals surface area contributed by atoms with Crippen LogP contribution in [0.3, 0.4) is 0 Å². The van der Waals surface area contributed by atoms with Crippen LogP contribution in [0.2, 0.25) is 0 Å². The third-order valence-corrected chi connectivity index (χ3v) is 2.64. The summed E-state index contributed by atoms with van der Waals surface area (Å²) < 4.78 is 0. The third kappa shape index (κ3) is 2.53. The molecule has 0 aliphatic heterocycles. The lowest BCUT2D eigenvalue weighted by Gasteiger charge is -2.20. The van der Waals surface area contributed by atoms with E-state index in [1.165, 1.54) is 12.1 Å². The number of carbonyl (C=O) groups excluding carboxylic acids is 2. The predicted molar refractivity (Wildman–Crippen MR) is 58.3 cm³/mol. The maximum Gasteiger partial charge on any atom is 0.0724 e. The summed E-state index contributed by atoms with van der Waals surface area (Å²) in [7, 11) is 0. The summed E-state index contributed by atoms with van der Waals surface area (Å²) in [6.45, 7) is 5.47. The molecule has 4 nitrogen and oxygen atoms in total. The van der Waals surface area contributed by atoms with E-state index in [1.807, 2.05) is 6.92 Å². The molecule has 0 bridgehead atoms. The Morgan fingerprint density at radius 1 is 1.35 bits per heavy atom. The van der Waals surface area contributed by atoms with Gasteiger partial charge in [-0.1, -0.05) is 31.2 Å². The Kier molecular flexibility index (Phi) is 4.04. The van der Waals surface area contributed by atoms with Gasteiger partial charge >= 0.3 is 0 Å². The number of aromatic carboxylic acids is 2. The number of benzene rings is 1. The summed E-state index contributed by atoms with van der Waals surface area (Å²) >= 11 is 0. The summed E-state index contributed by atoms with van der Waals surface area (Å²) in [6, 6.07) is 4.24. The average Bonchev–Trinajstić information content (AvgIpc) is 2.30. The maximum absolute atomic E-state index is 11.0. The number of hydrogen-bond acceptors (Lipinski definition) is 4. The predicted octanol–water partition coefficient (Wildman–Crippen LogP) is 0.0932. The van der Waals surface area contributed by atoms with Gasteiger partial charge in [0.1, 0.15) is 0 Å². The summed E-state index contributed by atoms with van der Waals surface area (Å²) in [6.07, 6.45) is 2.21. The molecule has 0 aliphatic carbocycles. The molecule has 0 fully saturated rings. The van der Waals surface area contributed by atoms with Crippen LogP contribution in [0.15, 0.2) is 30.9 Å².